The van der Waals surface area contributed by atoms with Crippen molar-refractivity contribution in [1.82, 2.24) is 10.3 Å². The van der Waals surface area contributed by atoms with Gasteiger partial charge in [0.2, 0.25) is 0 Å². The highest BCUT2D eigenvalue weighted by Crippen LogP contribution is 2.42. The van der Waals surface area contributed by atoms with Gasteiger partial charge < -0.3 is 14.5 Å². The molecule has 4 unspecified atom stereocenters. The number of nitrogens with one attached hydrogen (secondary N) is 1. The van der Waals surface area contributed by atoms with E-state index in [1.54, 1.807) is 6.07 Å². The molecule has 0 radical (unpaired) electrons. The van der Waals surface area contributed by atoms with Crippen molar-refractivity contribution in [2.45, 2.75) is 43.9 Å². The van der Waals surface area contributed by atoms with Crippen molar-refractivity contribution < 1.29 is 13.7 Å². The molecule has 6 nitrogen and oxygen atoms in total. The molecule has 6 rings (SSSR count). The van der Waals surface area contributed by atoms with Crippen LogP contribution in [0.15, 0.2) is 36.4 Å². The fraction of sp³-hybridized carbons (Fsp3) is 0.552. The summed E-state index contributed by atoms with van der Waals surface area (Å²) < 4.78 is 21.7. The van der Waals surface area contributed by atoms with E-state index in [0.717, 1.165) is 73.1 Å². The Labute approximate surface area is 213 Å². The van der Waals surface area contributed by atoms with Gasteiger partial charge >= 0.3 is 0 Å². The van der Waals surface area contributed by atoms with Crippen LogP contribution in [0.1, 0.15) is 30.4 Å². The van der Waals surface area contributed by atoms with E-state index >= 15 is 0 Å². The summed E-state index contributed by atoms with van der Waals surface area (Å²) in [5.41, 5.74) is 8.26. The number of quaternary nitrogens is 1. The van der Waals surface area contributed by atoms with E-state index in [0.29, 0.717) is 12.1 Å². The topological polar surface area (TPSA) is 51.5 Å². The lowest BCUT2D eigenvalue weighted by Crippen LogP contribution is -2.65. The van der Waals surface area contributed by atoms with Crippen LogP contribution < -0.4 is 10.3 Å². The molecule has 0 aromatic heterocycles. The first-order valence-corrected chi connectivity index (χ1v) is 13.4. The van der Waals surface area contributed by atoms with E-state index in [4.69, 9.17) is 4.74 Å². The van der Waals surface area contributed by atoms with Gasteiger partial charge in [-0.15, -0.1) is 0 Å². The van der Waals surface area contributed by atoms with Crippen molar-refractivity contribution in [2.75, 3.05) is 58.3 Å². The number of benzene rings is 2. The predicted octanol–water partition coefficient (Wildman–Crippen LogP) is 3.56. The quantitative estimate of drug-likeness (QED) is 0.650. The summed E-state index contributed by atoms with van der Waals surface area (Å²) >= 11 is 0. The lowest BCUT2D eigenvalue weighted by atomic mass is 9.95. The summed E-state index contributed by atoms with van der Waals surface area (Å²) in [6.45, 7) is 5.65. The molecule has 1 aliphatic carbocycles. The minimum Gasteiger partial charge on any atom is -0.375 e. The van der Waals surface area contributed by atoms with Gasteiger partial charge in [-0.25, -0.2) is 8.98 Å². The van der Waals surface area contributed by atoms with E-state index in [2.05, 4.69) is 47.5 Å². The number of hydrogen-bond donors (Lipinski definition) is 1. The maximum atomic E-state index is 14.7. The van der Waals surface area contributed by atoms with Gasteiger partial charge in [0.25, 0.3) is 0 Å². The van der Waals surface area contributed by atoms with Crippen LogP contribution in [0.25, 0.3) is 11.1 Å². The van der Waals surface area contributed by atoms with Gasteiger partial charge in [0, 0.05) is 30.8 Å². The highest BCUT2D eigenvalue weighted by Gasteiger charge is 2.51. The van der Waals surface area contributed by atoms with Gasteiger partial charge in [-0.3, -0.25) is 0 Å². The first kappa shape index (κ1) is 23.9. The Morgan fingerprint density at radius 2 is 2.03 bits per heavy atom. The van der Waals surface area contributed by atoms with Crippen molar-refractivity contribution in [3.05, 3.63) is 53.3 Å². The number of rotatable bonds is 5. The Kier molecular flexibility index (Phi) is 6.25. The van der Waals surface area contributed by atoms with Crippen molar-refractivity contribution in [1.29, 1.82) is 5.26 Å². The molecule has 36 heavy (non-hydrogen) atoms. The molecule has 4 fully saturated rings. The summed E-state index contributed by atoms with van der Waals surface area (Å²) in [6.07, 6.45) is 4.95. The zero-order valence-electron chi connectivity index (χ0n) is 21.4. The molecule has 1 saturated carbocycles. The van der Waals surface area contributed by atoms with Crippen LogP contribution in [0.3, 0.4) is 0 Å². The van der Waals surface area contributed by atoms with Gasteiger partial charge in [-0.1, -0.05) is 12.1 Å². The van der Waals surface area contributed by atoms with Crippen molar-refractivity contribution >= 4 is 5.69 Å². The minimum absolute atomic E-state index is 0.0873. The van der Waals surface area contributed by atoms with E-state index in [1.165, 1.54) is 30.9 Å². The third-order valence-electron chi connectivity index (χ3n) is 8.86. The van der Waals surface area contributed by atoms with Crippen LogP contribution in [0.2, 0.25) is 0 Å². The van der Waals surface area contributed by atoms with Crippen molar-refractivity contribution in [3.8, 4) is 17.2 Å². The molecule has 3 heterocycles. The van der Waals surface area contributed by atoms with Gasteiger partial charge in [0.1, 0.15) is 24.5 Å². The fourth-order valence-electron chi connectivity index (χ4n) is 6.50. The second-order valence-electron chi connectivity index (χ2n) is 11.5. The number of morpholine rings is 1. The Morgan fingerprint density at radius 1 is 1.17 bits per heavy atom. The molecule has 0 spiro atoms. The van der Waals surface area contributed by atoms with E-state index in [-0.39, 0.29) is 11.7 Å². The zero-order valence-corrected chi connectivity index (χ0v) is 21.4. The lowest BCUT2D eigenvalue weighted by Gasteiger charge is -2.44. The molecule has 4 aliphatic rings. The van der Waals surface area contributed by atoms with Crippen LogP contribution in [-0.4, -0.2) is 81.1 Å². The summed E-state index contributed by atoms with van der Waals surface area (Å²) in [7, 11) is 4.49. The second-order valence-corrected chi connectivity index (χ2v) is 11.5. The Balaban J connectivity index is 1.31. The van der Waals surface area contributed by atoms with Crippen LogP contribution in [0.5, 0.6) is 0 Å². The standard InChI is InChI=1S/C29H37FN5O/c1-33-10-12-36-25(19-33)13-20-3-8-29(26(14-20)22-6-7-23(17-31)27(30)15-22)34-9-11-35(2)24(18-34)16-28(32-35)21-4-5-21/h3,6-8,14-15,21,24-25,28,32H,4-5,9-13,16,18-19H2,1-2H3/q+1. The van der Waals surface area contributed by atoms with Gasteiger partial charge in [-0.05, 0) is 67.6 Å². The predicted molar refractivity (Wildman–Crippen MR) is 139 cm³/mol. The van der Waals surface area contributed by atoms with Crippen molar-refractivity contribution in [2.24, 2.45) is 5.92 Å². The molecular formula is C29H37FN5O+. The van der Waals surface area contributed by atoms with Crippen LogP contribution in [0, 0.1) is 23.1 Å². The number of fused-ring (bicyclic) bond motifs is 1. The van der Waals surface area contributed by atoms with E-state index in [9.17, 15) is 9.65 Å². The molecule has 2 aromatic carbocycles. The molecule has 190 valence electrons. The molecular weight excluding hydrogens is 453 g/mol. The molecule has 0 amide bonds. The molecule has 4 atom stereocenters. The van der Waals surface area contributed by atoms with Crippen molar-refractivity contribution in [3.63, 3.8) is 0 Å². The third kappa shape index (κ3) is 4.64. The van der Waals surface area contributed by atoms with Crippen LogP contribution in [-0.2, 0) is 11.2 Å². The number of likely N-dealkylation sites (N-methyl/N-ethyl adjacent to an activating group) is 2. The average Bonchev–Trinajstić information content (AvgIpc) is 3.65. The average molecular weight is 491 g/mol. The molecule has 1 N–H and O–H groups in total. The van der Waals surface area contributed by atoms with Crippen LogP contribution in [0.4, 0.5) is 10.1 Å². The first-order valence-electron chi connectivity index (χ1n) is 13.4. The van der Waals surface area contributed by atoms with Gasteiger partial charge in [0.15, 0.2) is 0 Å². The summed E-state index contributed by atoms with van der Waals surface area (Å²) in [5, 5.41) is 9.24. The van der Waals surface area contributed by atoms with Crippen LogP contribution >= 0.6 is 0 Å². The summed E-state index contributed by atoms with van der Waals surface area (Å²) in [4.78, 5) is 4.81. The first-order chi connectivity index (χ1) is 17.4. The van der Waals surface area contributed by atoms with Gasteiger partial charge in [0.05, 0.1) is 44.5 Å². The summed E-state index contributed by atoms with van der Waals surface area (Å²) in [6, 6.07) is 14.8. The Morgan fingerprint density at radius 3 is 2.78 bits per heavy atom. The van der Waals surface area contributed by atoms with E-state index in [1.807, 2.05) is 12.1 Å². The molecule has 7 heteroatoms. The summed E-state index contributed by atoms with van der Waals surface area (Å²) in [5.74, 6) is 0.398. The van der Waals surface area contributed by atoms with E-state index < -0.39 is 5.82 Å². The number of anilines is 1. The fourth-order valence-corrected chi connectivity index (χ4v) is 6.50. The highest BCUT2D eigenvalue weighted by atomic mass is 19.1. The minimum atomic E-state index is -0.459. The largest absolute Gasteiger partial charge is 0.375 e. The number of nitriles is 1. The monoisotopic (exact) mass is 490 g/mol. The van der Waals surface area contributed by atoms with Gasteiger partial charge in [-0.2, -0.15) is 10.7 Å². The number of ether oxygens (including phenoxy) is 1. The highest BCUT2D eigenvalue weighted by molar-refractivity contribution is 5.80. The number of halogens is 1. The maximum absolute atomic E-state index is 14.7. The third-order valence-corrected chi connectivity index (χ3v) is 8.86. The molecule has 3 aliphatic heterocycles. The lowest BCUT2D eigenvalue weighted by molar-refractivity contribution is -0.963. The smallest absolute Gasteiger partial charge is 0.141 e. The number of hydrogen-bond acceptors (Lipinski definition) is 5. The maximum Gasteiger partial charge on any atom is 0.141 e. The SMILES string of the molecule is CN1CCOC(Cc2ccc(N3CC[N+]4(C)NC(C5CC5)CC4C3)c(-c3ccc(C#N)c(F)c3)c2)C1. The second kappa shape index (κ2) is 9.42. The Hall–Kier alpha value is -2.50. The molecule has 0 bridgehead atoms. The molecule has 3 saturated heterocycles. The Bertz CT molecular complexity index is 1180. The number of nitrogens with zero attached hydrogens (tertiary/aromatic N) is 4. The molecule has 2 aromatic rings. The number of piperazine rings is 1. The normalized spacial score (nSPS) is 30.7. The zero-order chi connectivity index (χ0) is 24.9.